The van der Waals surface area contributed by atoms with E-state index in [1.165, 1.54) is 36.8 Å². The van der Waals surface area contributed by atoms with Gasteiger partial charge < -0.3 is 10.2 Å². The zero-order chi connectivity index (χ0) is 20.8. The number of aromatic nitrogens is 2. The van der Waals surface area contributed by atoms with Crippen LogP contribution in [0.5, 0.6) is 0 Å². The molecule has 1 saturated heterocycles. The third kappa shape index (κ3) is 5.26. The van der Waals surface area contributed by atoms with Crippen molar-refractivity contribution in [2.45, 2.75) is 51.9 Å². The molecule has 1 aromatic carbocycles. The number of amides is 1. The van der Waals surface area contributed by atoms with Crippen LogP contribution in [0.1, 0.15) is 50.5 Å². The number of benzene rings is 1. The average molecular weight is 405 g/mol. The summed E-state index contributed by atoms with van der Waals surface area (Å²) in [5.74, 6) is 0.905. The first-order valence-electron chi connectivity index (χ1n) is 11.3. The second-order valence-electron chi connectivity index (χ2n) is 8.57. The van der Waals surface area contributed by atoms with Gasteiger partial charge in [-0.3, -0.25) is 4.79 Å². The monoisotopic (exact) mass is 404 g/mol. The van der Waals surface area contributed by atoms with E-state index in [0.29, 0.717) is 6.54 Å². The standard InChI is InChI=1S/C25H32N4O/c1-19-9-11-21(12-10-19)23-16-27-25(28-17-23)29-15-5-8-22(18-29)24(30)26-14-13-20-6-3-2-4-7-20/h6,9-12,16-17,22H,2-5,7-8,13-15,18H2,1H3,(H,26,30). The molecule has 1 N–H and O–H groups in total. The molecule has 30 heavy (non-hydrogen) atoms. The molecular formula is C25H32N4O. The van der Waals surface area contributed by atoms with Crippen LogP contribution >= 0.6 is 0 Å². The summed E-state index contributed by atoms with van der Waals surface area (Å²) in [6.45, 7) is 4.43. The minimum absolute atomic E-state index is 0.0134. The van der Waals surface area contributed by atoms with Crippen LogP contribution in [-0.2, 0) is 4.79 Å². The van der Waals surface area contributed by atoms with Crippen molar-refractivity contribution in [3.8, 4) is 11.1 Å². The summed E-state index contributed by atoms with van der Waals surface area (Å²) in [6.07, 6.45) is 14.0. The Morgan fingerprint density at radius 2 is 1.90 bits per heavy atom. The Bertz CT molecular complexity index is 873. The molecule has 0 saturated carbocycles. The minimum Gasteiger partial charge on any atom is -0.355 e. The summed E-state index contributed by atoms with van der Waals surface area (Å²) in [5, 5.41) is 3.16. The Morgan fingerprint density at radius 1 is 1.10 bits per heavy atom. The number of rotatable bonds is 6. The van der Waals surface area contributed by atoms with Gasteiger partial charge >= 0.3 is 0 Å². The molecule has 1 unspecified atom stereocenters. The molecule has 5 nitrogen and oxygen atoms in total. The van der Waals surface area contributed by atoms with Gasteiger partial charge in [0.1, 0.15) is 0 Å². The number of carbonyl (C=O) groups is 1. The van der Waals surface area contributed by atoms with Crippen LogP contribution in [0, 0.1) is 12.8 Å². The van der Waals surface area contributed by atoms with E-state index in [9.17, 15) is 4.79 Å². The summed E-state index contributed by atoms with van der Waals surface area (Å²) >= 11 is 0. The molecule has 2 aromatic rings. The van der Waals surface area contributed by atoms with Crippen molar-refractivity contribution in [1.82, 2.24) is 15.3 Å². The van der Waals surface area contributed by atoms with E-state index in [0.717, 1.165) is 49.4 Å². The number of hydrogen-bond acceptors (Lipinski definition) is 4. The highest BCUT2D eigenvalue weighted by Crippen LogP contribution is 2.24. The lowest BCUT2D eigenvalue weighted by Gasteiger charge is -2.32. The maximum atomic E-state index is 12.7. The molecule has 1 amide bonds. The van der Waals surface area contributed by atoms with Gasteiger partial charge in [0, 0.05) is 37.6 Å². The van der Waals surface area contributed by atoms with Crippen molar-refractivity contribution >= 4 is 11.9 Å². The first kappa shape index (κ1) is 20.6. The predicted octanol–water partition coefficient (Wildman–Crippen LogP) is 4.68. The van der Waals surface area contributed by atoms with Crippen molar-refractivity contribution in [2.75, 3.05) is 24.5 Å². The molecule has 1 aliphatic heterocycles. The van der Waals surface area contributed by atoms with Crippen LogP contribution in [0.3, 0.4) is 0 Å². The molecule has 1 aliphatic carbocycles. The van der Waals surface area contributed by atoms with E-state index < -0.39 is 0 Å². The fourth-order valence-electron chi connectivity index (χ4n) is 4.37. The number of piperidine rings is 1. The summed E-state index contributed by atoms with van der Waals surface area (Å²) in [7, 11) is 0. The summed E-state index contributed by atoms with van der Waals surface area (Å²) in [5.41, 5.74) is 4.89. The topological polar surface area (TPSA) is 58.1 Å². The molecule has 5 heteroatoms. The molecule has 158 valence electrons. The molecular weight excluding hydrogens is 372 g/mol. The number of nitrogens with zero attached hydrogens (tertiary/aromatic N) is 3. The molecule has 2 aliphatic rings. The molecule has 1 atom stereocenters. The van der Waals surface area contributed by atoms with Gasteiger partial charge in [0.15, 0.2) is 0 Å². The van der Waals surface area contributed by atoms with E-state index >= 15 is 0 Å². The average Bonchev–Trinajstić information content (AvgIpc) is 2.80. The van der Waals surface area contributed by atoms with Crippen LogP contribution < -0.4 is 10.2 Å². The molecule has 0 bridgehead atoms. The van der Waals surface area contributed by atoms with Gasteiger partial charge in [0.25, 0.3) is 0 Å². The van der Waals surface area contributed by atoms with Gasteiger partial charge in [-0.2, -0.15) is 0 Å². The second kappa shape index (κ2) is 9.88. The highest BCUT2D eigenvalue weighted by Gasteiger charge is 2.27. The maximum absolute atomic E-state index is 12.7. The fraction of sp³-hybridized carbons (Fsp3) is 0.480. The van der Waals surface area contributed by atoms with E-state index in [-0.39, 0.29) is 11.8 Å². The number of anilines is 1. The van der Waals surface area contributed by atoms with Crippen molar-refractivity contribution < 1.29 is 4.79 Å². The number of aryl methyl sites for hydroxylation is 1. The van der Waals surface area contributed by atoms with Crippen molar-refractivity contribution in [1.29, 1.82) is 0 Å². The zero-order valence-electron chi connectivity index (χ0n) is 17.9. The Kier molecular flexibility index (Phi) is 6.77. The van der Waals surface area contributed by atoms with Gasteiger partial charge in [-0.05, 0) is 57.4 Å². The van der Waals surface area contributed by atoms with Crippen LogP contribution in [0.4, 0.5) is 5.95 Å². The smallest absolute Gasteiger partial charge is 0.225 e. The number of carbonyl (C=O) groups excluding carboxylic acids is 1. The predicted molar refractivity (Wildman–Crippen MR) is 121 cm³/mol. The van der Waals surface area contributed by atoms with Crippen LogP contribution in [0.15, 0.2) is 48.3 Å². The van der Waals surface area contributed by atoms with Crippen molar-refractivity contribution in [2.24, 2.45) is 5.92 Å². The third-order valence-corrected chi connectivity index (χ3v) is 6.23. The Hall–Kier alpha value is -2.69. The number of allylic oxidation sites excluding steroid dienone is 1. The van der Waals surface area contributed by atoms with Gasteiger partial charge in [0.05, 0.1) is 5.92 Å². The number of nitrogens with one attached hydrogen (secondary N) is 1. The molecule has 0 spiro atoms. The number of hydrogen-bond donors (Lipinski definition) is 1. The van der Waals surface area contributed by atoms with Crippen molar-refractivity contribution in [3.63, 3.8) is 0 Å². The largest absolute Gasteiger partial charge is 0.355 e. The Labute approximate surface area is 179 Å². The fourth-order valence-corrected chi connectivity index (χ4v) is 4.37. The third-order valence-electron chi connectivity index (χ3n) is 6.23. The van der Waals surface area contributed by atoms with Gasteiger partial charge in [-0.1, -0.05) is 41.5 Å². The summed E-state index contributed by atoms with van der Waals surface area (Å²) < 4.78 is 0. The quantitative estimate of drug-likeness (QED) is 0.711. The molecule has 1 fully saturated rings. The molecule has 1 aromatic heterocycles. The first-order valence-corrected chi connectivity index (χ1v) is 11.3. The van der Waals surface area contributed by atoms with Crippen LogP contribution in [0.2, 0.25) is 0 Å². The normalized spacial score (nSPS) is 19.3. The zero-order valence-corrected chi connectivity index (χ0v) is 17.9. The highest BCUT2D eigenvalue weighted by molar-refractivity contribution is 5.79. The second-order valence-corrected chi connectivity index (χ2v) is 8.57. The van der Waals surface area contributed by atoms with Gasteiger partial charge in [-0.15, -0.1) is 0 Å². The van der Waals surface area contributed by atoms with E-state index in [4.69, 9.17) is 0 Å². The van der Waals surface area contributed by atoms with E-state index in [2.05, 4.69) is 57.4 Å². The summed E-state index contributed by atoms with van der Waals surface area (Å²) in [6, 6.07) is 8.39. The first-order chi connectivity index (χ1) is 14.7. The van der Waals surface area contributed by atoms with E-state index in [1.54, 1.807) is 0 Å². The maximum Gasteiger partial charge on any atom is 0.225 e. The van der Waals surface area contributed by atoms with Gasteiger partial charge in [0.2, 0.25) is 11.9 Å². The van der Waals surface area contributed by atoms with Crippen molar-refractivity contribution in [3.05, 3.63) is 53.9 Å². The Morgan fingerprint density at radius 3 is 2.63 bits per heavy atom. The SMILES string of the molecule is Cc1ccc(-c2cnc(N3CCCC(C(=O)NCCC4=CCCCC4)C3)nc2)cc1. The van der Waals surface area contributed by atoms with Gasteiger partial charge in [-0.25, -0.2) is 9.97 Å². The molecule has 0 radical (unpaired) electrons. The van der Waals surface area contributed by atoms with Crippen LogP contribution in [0.25, 0.3) is 11.1 Å². The summed E-state index contributed by atoms with van der Waals surface area (Å²) in [4.78, 5) is 24.0. The lowest BCUT2D eigenvalue weighted by molar-refractivity contribution is -0.125. The van der Waals surface area contributed by atoms with E-state index in [1.807, 2.05) is 12.4 Å². The lowest BCUT2D eigenvalue weighted by atomic mass is 9.96. The molecule has 4 rings (SSSR count). The minimum atomic E-state index is 0.0134. The highest BCUT2D eigenvalue weighted by atomic mass is 16.1. The lowest BCUT2D eigenvalue weighted by Crippen LogP contribution is -2.44. The Balaban J connectivity index is 1.31. The van der Waals surface area contributed by atoms with Crippen LogP contribution in [-0.4, -0.2) is 35.5 Å². The molecule has 2 heterocycles.